The van der Waals surface area contributed by atoms with Crippen LogP contribution in [0.2, 0.25) is 0 Å². The van der Waals surface area contributed by atoms with Crippen LogP contribution < -0.4 is 5.56 Å². The summed E-state index contributed by atoms with van der Waals surface area (Å²) < 4.78 is 5.72. The topological polar surface area (TPSA) is 75.2 Å². The maximum Gasteiger partial charge on any atom is 0.258 e. The van der Waals surface area contributed by atoms with E-state index in [4.69, 9.17) is 4.74 Å². The Hall–Kier alpha value is -1.36. The lowest BCUT2D eigenvalue weighted by atomic mass is 9.95. The Labute approximate surface area is 106 Å². The summed E-state index contributed by atoms with van der Waals surface area (Å²) in [6.45, 7) is 4.53. The Balaban J connectivity index is 2.38. The summed E-state index contributed by atoms with van der Waals surface area (Å²) in [6, 6.07) is 0. The largest absolute Gasteiger partial charge is 0.493 e. The number of H-pyrrole nitrogens is 1. The summed E-state index contributed by atoms with van der Waals surface area (Å²) in [7, 11) is 0. The number of aromatic nitrogens is 2. The van der Waals surface area contributed by atoms with Crippen LogP contribution in [-0.4, -0.2) is 21.7 Å². The maximum absolute atomic E-state index is 11.9. The van der Waals surface area contributed by atoms with Crippen LogP contribution in [0.5, 0.6) is 5.88 Å². The van der Waals surface area contributed by atoms with E-state index >= 15 is 0 Å². The molecule has 1 aliphatic heterocycles. The molecule has 100 valence electrons. The van der Waals surface area contributed by atoms with Crippen LogP contribution in [0.1, 0.15) is 50.9 Å². The molecule has 0 bridgehead atoms. The summed E-state index contributed by atoms with van der Waals surface area (Å²) in [4.78, 5) is 18.8. The van der Waals surface area contributed by atoms with Crippen molar-refractivity contribution in [2.24, 2.45) is 0 Å². The van der Waals surface area contributed by atoms with Crippen LogP contribution >= 0.6 is 0 Å². The second-order valence-electron chi connectivity index (χ2n) is 5.00. The first-order chi connectivity index (χ1) is 8.57. The number of rotatable bonds is 3. The van der Waals surface area contributed by atoms with Gasteiger partial charge in [0.05, 0.1) is 5.56 Å². The van der Waals surface area contributed by atoms with Crippen LogP contribution in [-0.2, 0) is 16.8 Å². The fourth-order valence-corrected chi connectivity index (χ4v) is 2.33. The van der Waals surface area contributed by atoms with Crippen LogP contribution in [0.15, 0.2) is 4.79 Å². The molecule has 0 spiro atoms. The standard InChI is InChI=1S/C13H20N2O3/c1-3-6-9-10(16)14-12(15-11(9)17)13(2)7-4-5-8-18-13/h3-8H2,1-2H3,(H2,14,15,16,17). The summed E-state index contributed by atoms with van der Waals surface area (Å²) >= 11 is 0. The molecule has 1 aromatic heterocycles. The average Bonchev–Trinajstić information content (AvgIpc) is 2.34. The number of nitrogens with one attached hydrogen (secondary N) is 1. The van der Waals surface area contributed by atoms with Crippen molar-refractivity contribution in [2.75, 3.05) is 6.61 Å². The molecule has 0 amide bonds. The molecule has 2 N–H and O–H groups in total. The van der Waals surface area contributed by atoms with Crippen molar-refractivity contribution < 1.29 is 9.84 Å². The fraction of sp³-hybridized carbons (Fsp3) is 0.692. The van der Waals surface area contributed by atoms with Gasteiger partial charge in [0, 0.05) is 6.61 Å². The van der Waals surface area contributed by atoms with Gasteiger partial charge >= 0.3 is 0 Å². The summed E-state index contributed by atoms with van der Waals surface area (Å²) in [6.07, 6.45) is 4.21. The zero-order chi connectivity index (χ0) is 13.2. The van der Waals surface area contributed by atoms with E-state index in [1.165, 1.54) is 0 Å². The Morgan fingerprint density at radius 2 is 2.28 bits per heavy atom. The van der Waals surface area contributed by atoms with Crippen molar-refractivity contribution in [1.82, 2.24) is 9.97 Å². The minimum absolute atomic E-state index is 0.161. The van der Waals surface area contributed by atoms with Gasteiger partial charge in [-0.25, -0.2) is 0 Å². The maximum atomic E-state index is 11.9. The van der Waals surface area contributed by atoms with Gasteiger partial charge in [-0.2, -0.15) is 4.98 Å². The second kappa shape index (κ2) is 5.10. The van der Waals surface area contributed by atoms with Crippen molar-refractivity contribution in [1.29, 1.82) is 0 Å². The minimum atomic E-state index is -0.584. The molecule has 1 atom stereocenters. The zero-order valence-corrected chi connectivity index (χ0v) is 11.0. The second-order valence-corrected chi connectivity index (χ2v) is 5.00. The summed E-state index contributed by atoms with van der Waals surface area (Å²) in [5, 5.41) is 9.86. The van der Waals surface area contributed by atoms with Crippen molar-refractivity contribution in [3.05, 3.63) is 21.7 Å². The molecule has 1 aliphatic rings. The number of ether oxygens (including phenoxy) is 1. The van der Waals surface area contributed by atoms with Crippen LogP contribution in [0, 0.1) is 0 Å². The van der Waals surface area contributed by atoms with Gasteiger partial charge in [0.1, 0.15) is 11.4 Å². The Morgan fingerprint density at radius 3 is 2.83 bits per heavy atom. The molecule has 0 aromatic carbocycles. The van der Waals surface area contributed by atoms with Crippen molar-refractivity contribution in [3.63, 3.8) is 0 Å². The smallest absolute Gasteiger partial charge is 0.258 e. The van der Waals surface area contributed by atoms with Gasteiger partial charge in [-0.05, 0) is 32.6 Å². The molecule has 5 heteroatoms. The molecule has 1 fully saturated rings. The van der Waals surface area contributed by atoms with E-state index in [2.05, 4.69) is 9.97 Å². The predicted octanol–water partition coefficient (Wildman–Crippen LogP) is 1.84. The van der Waals surface area contributed by atoms with Gasteiger partial charge in [-0.3, -0.25) is 4.79 Å². The molecule has 2 rings (SSSR count). The summed E-state index contributed by atoms with van der Waals surface area (Å²) in [5.74, 6) is 0.274. The summed E-state index contributed by atoms with van der Waals surface area (Å²) in [5.41, 5.74) is -0.477. The fourth-order valence-electron chi connectivity index (χ4n) is 2.33. The van der Waals surface area contributed by atoms with Gasteiger partial charge in [-0.15, -0.1) is 0 Å². The van der Waals surface area contributed by atoms with Gasteiger partial charge in [0.15, 0.2) is 0 Å². The number of hydrogen-bond donors (Lipinski definition) is 2. The first-order valence-electron chi connectivity index (χ1n) is 6.53. The number of nitrogens with zero attached hydrogens (tertiary/aromatic N) is 1. The first kappa shape index (κ1) is 13.1. The third kappa shape index (κ3) is 2.41. The molecule has 2 heterocycles. The van der Waals surface area contributed by atoms with Crippen molar-refractivity contribution in [2.45, 2.75) is 51.6 Å². The highest BCUT2D eigenvalue weighted by molar-refractivity contribution is 5.24. The number of hydrogen-bond acceptors (Lipinski definition) is 4. The Bertz CT molecular complexity index is 476. The highest BCUT2D eigenvalue weighted by Crippen LogP contribution is 2.32. The Morgan fingerprint density at radius 1 is 1.50 bits per heavy atom. The normalized spacial score (nSPS) is 24.1. The lowest BCUT2D eigenvalue weighted by Crippen LogP contribution is -2.34. The molecule has 18 heavy (non-hydrogen) atoms. The molecule has 0 aliphatic carbocycles. The molecule has 1 unspecified atom stereocenters. The molecule has 1 saturated heterocycles. The molecular formula is C13H20N2O3. The van der Waals surface area contributed by atoms with Gasteiger partial charge in [-0.1, -0.05) is 13.3 Å². The van der Waals surface area contributed by atoms with Crippen molar-refractivity contribution in [3.8, 4) is 5.88 Å². The zero-order valence-electron chi connectivity index (χ0n) is 11.0. The van der Waals surface area contributed by atoms with E-state index in [0.29, 0.717) is 24.4 Å². The molecule has 0 radical (unpaired) electrons. The number of aromatic hydroxyl groups is 1. The number of aromatic amines is 1. The molecule has 0 saturated carbocycles. The first-order valence-corrected chi connectivity index (χ1v) is 6.53. The van der Waals surface area contributed by atoms with Gasteiger partial charge in [0.2, 0.25) is 5.88 Å². The molecular weight excluding hydrogens is 232 g/mol. The Kier molecular flexibility index (Phi) is 3.71. The van der Waals surface area contributed by atoms with E-state index in [1.807, 2.05) is 13.8 Å². The van der Waals surface area contributed by atoms with Crippen molar-refractivity contribution >= 4 is 0 Å². The lowest BCUT2D eigenvalue weighted by molar-refractivity contribution is -0.0765. The van der Waals surface area contributed by atoms with Gasteiger partial charge in [0.25, 0.3) is 5.56 Å². The van der Waals surface area contributed by atoms with E-state index in [1.54, 1.807) is 0 Å². The molecule has 1 aromatic rings. The highest BCUT2D eigenvalue weighted by Gasteiger charge is 2.33. The highest BCUT2D eigenvalue weighted by atomic mass is 16.5. The van der Waals surface area contributed by atoms with Crippen LogP contribution in [0.4, 0.5) is 0 Å². The van der Waals surface area contributed by atoms with E-state index < -0.39 is 5.60 Å². The van der Waals surface area contributed by atoms with E-state index in [9.17, 15) is 9.90 Å². The quantitative estimate of drug-likeness (QED) is 0.860. The lowest BCUT2D eigenvalue weighted by Gasteiger charge is -2.32. The van der Waals surface area contributed by atoms with Crippen LogP contribution in [0.25, 0.3) is 0 Å². The SMILES string of the molecule is CCCc1c(O)nc(C2(C)CCCCO2)[nH]c1=O. The molecule has 5 nitrogen and oxygen atoms in total. The third-order valence-electron chi connectivity index (χ3n) is 3.46. The third-order valence-corrected chi connectivity index (χ3v) is 3.46. The predicted molar refractivity (Wildman–Crippen MR) is 67.7 cm³/mol. The van der Waals surface area contributed by atoms with E-state index in [-0.39, 0.29) is 11.4 Å². The average molecular weight is 252 g/mol. The van der Waals surface area contributed by atoms with Gasteiger partial charge < -0.3 is 14.8 Å². The monoisotopic (exact) mass is 252 g/mol. The minimum Gasteiger partial charge on any atom is -0.493 e. The van der Waals surface area contributed by atoms with Crippen LogP contribution in [0.3, 0.4) is 0 Å². The van der Waals surface area contributed by atoms with E-state index in [0.717, 1.165) is 25.7 Å².